The van der Waals surface area contributed by atoms with Crippen molar-refractivity contribution in [2.24, 2.45) is 5.73 Å². The number of piperidine rings is 1. The van der Waals surface area contributed by atoms with Gasteiger partial charge in [-0.15, -0.1) is 11.3 Å². The highest BCUT2D eigenvalue weighted by atomic mass is 32.1. The molecule has 1 aliphatic carbocycles. The molecule has 1 aliphatic heterocycles. The zero-order chi connectivity index (χ0) is 16.1. The minimum atomic E-state index is -0.0529. The number of nitrogens with two attached hydrogens (primary N) is 1. The molecule has 3 N–H and O–H groups in total. The molecule has 0 unspecified atom stereocenters. The Balaban J connectivity index is 1.65. The van der Waals surface area contributed by atoms with E-state index >= 15 is 0 Å². The summed E-state index contributed by atoms with van der Waals surface area (Å²) >= 11 is 1.46. The van der Waals surface area contributed by atoms with Crippen molar-refractivity contribution in [2.75, 3.05) is 19.6 Å². The Bertz CT molecular complexity index is 518. The topological polar surface area (TPSA) is 71.2 Å². The Morgan fingerprint density at radius 1 is 1.22 bits per heavy atom. The molecule has 1 aromatic heterocycles. The molecule has 23 heavy (non-hydrogen) atoms. The van der Waals surface area contributed by atoms with E-state index in [-0.39, 0.29) is 11.4 Å². The Labute approximate surface area is 142 Å². The lowest BCUT2D eigenvalue weighted by atomic mass is 9.79. The standard InChI is InChI=1S/C17H28N4OS/c18-11-15-20-14(12-23-15)16(22)19-13-17(7-3-1-4-8-17)21-9-5-2-6-10-21/h12H,1-11,13,18H2,(H,19,22). The van der Waals surface area contributed by atoms with E-state index in [1.165, 1.54) is 75.8 Å². The molecule has 6 heteroatoms. The average Bonchev–Trinajstić information content (AvgIpc) is 3.10. The summed E-state index contributed by atoms with van der Waals surface area (Å²) in [6.07, 6.45) is 10.2. The van der Waals surface area contributed by atoms with Crippen molar-refractivity contribution >= 4 is 17.2 Å². The van der Waals surface area contributed by atoms with Crippen LogP contribution in [-0.4, -0.2) is 41.0 Å². The van der Waals surface area contributed by atoms with Crippen molar-refractivity contribution in [1.82, 2.24) is 15.2 Å². The van der Waals surface area contributed by atoms with Crippen LogP contribution in [0.2, 0.25) is 0 Å². The van der Waals surface area contributed by atoms with E-state index in [4.69, 9.17) is 5.73 Å². The maximum atomic E-state index is 12.4. The van der Waals surface area contributed by atoms with Gasteiger partial charge in [0.1, 0.15) is 10.7 Å². The fraction of sp³-hybridized carbons (Fsp3) is 0.765. The van der Waals surface area contributed by atoms with E-state index < -0.39 is 0 Å². The predicted molar refractivity (Wildman–Crippen MR) is 93.6 cm³/mol. The molecular formula is C17H28N4OS. The summed E-state index contributed by atoms with van der Waals surface area (Å²) in [6.45, 7) is 3.52. The summed E-state index contributed by atoms with van der Waals surface area (Å²) in [5, 5.41) is 5.80. The van der Waals surface area contributed by atoms with E-state index in [0.717, 1.165) is 11.6 Å². The molecule has 2 heterocycles. The highest BCUT2D eigenvalue weighted by molar-refractivity contribution is 7.09. The quantitative estimate of drug-likeness (QED) is 0.867. The van der Waals surface area contributed by atoms with E-state index in [1.807, 2.05) is 5.38 Å². The van der Waals surface area contributed by atoms with Crippen LogP contribution in [-0.2, 0) is 6.54 Å². The molecular weight excluding hydrogens is 308 g/mol. The van der Waals surface area contributed by atoms with Crippen molar-refractivity contribution < 1.29 is 4.79 Å². The number of carbonyl (C=O) groups excluding carboxylic acids is 1. The largest absolute Gasteiger partial charge is 0.349 e. The lowest BCUT2D eigenvalue weighted by Gasteiger charge is -2.48. The third kappa shape index (κ3) is 3.92. The van der Waals surface area contributed by atoms with Crippen molar-refractivity contribution in [1.29, 1.82) is 0 Å². The lowest BCUT2D eigenvalue weighted by molar-refractivity contribution is 0.0326. The molecule has 0 bridgehead atoms. The van der Waals surface area contributed by atoms with Crippen molar-refractivity contribution in [2.45, 2.75) is 63.5 Å². The Morgan fingerprint density at radius 2 is 1.91 bits per heavy atom. The zero-order valence-electron chi connectivity index (χ0n) is 13.9. The van der Waals surface area contributed by atoms with Gasteiger partial charge in [0, 0.05) is 24.0 Å². The molecule has 1 saturated carbocycles. The Kier molecular flexibility index (Phi) is 5.67. The van der Waals surface area contributed by atoms with Gasteiger partial charge in [-0.2, -0.15) is 0 Å². The number of aromatic nitrogens is 1. The highest BCUT2D eigenvalue weighted by Crippen LogP contribution is 2.35. The first kappa shape index (κ1) is 16.9. The van der Waals surface area contributed by atoms with Gasteiger partial charge in [0.25, 0.3) is 5.91 Å². The molecule has 0 aromatic carbocycles. The molecule has 5 nitrogen and oxygen atoms in total. The molecule has 2 aliphatic rings. The maximum absolute atomic E-state index is 12.4. The highest BCUT2D eigenvalue weighted by Gasteiger charge is 2.38. The van der Waals surface area contributed by atoms with Crippen molar-refractivity contribution in [3.05, 3.63) is 16.1 Å². The van der Waals surface area contributed by atoms with Crippen LogP contribution in [0.25, 0.3) is 0 Å². The van der Waals surface area contributed by atoms with Gasteiger partial charge < -0.3 is 11.1 Å². The molecule has 2 fully saturated rings. The number of carbonyl (C=O) groups is 1. The van der Waals surface area contributed by atoms with Gasteiger partial charge in [-0.3, -0.25) is 9.69 Å². The molecule has 0 spiro atoms. The number of amides is 1. The van der Waals surface area contributed by atoms with E-state index in [9.17, 15) is 4.79 Å². The van der Waals surface area contributed by atoms with Crippen molar-refractivity contribution in [3.8, 4) is 0 Å². The second-order valence-corrected chi connectivity index (χ2v) is 7.79. The minimum Gasteiger partial charge on any atom is -0.349 e. The predicted octanol–water partition coefficient (Wildman–Crippen LogP) is 2.52. The summed E-state index contributed by atoms with van der Waals surface area (Å²) in [4.78, 5) is 19.4. The van der Waals surface area contributed by atoms with Crippen LogP contribution in [0.3, 0.4) is 0 Å². The van der Waals surface area contributed by atoms with Gasteiger partial charge in [0.2, 0.25) is 0 Å². The monoisotopic (exact) mass is 336 g/mol. The fourth-order valence-corrected chi connectivity index (χ4v) is 4.68. The van der Waals surface area contributed by atoms with Gasteiger partial charge in [0.05, 0.1) is 0 Å². The molecule has 3 rings (SSSR count). The Morgan fingerprint density at radius 3 is 2.57 bits per heavy atom. The Hall–Kier alpha value is -0.980. The third-order valence-electron chi connectivity index (χ3n) is 5.35. The zero-order valence-corrected chi connectivity index (χ0v) is 14.7. The summed E-state index contributed by atoms with van der Waals surface area (Å²) in [5.41, 5.74) is 6.26. The number of hydrogen-bond acceptors (Lipinski definition) is 5. The van der Waals surface area contributed by atoms with Crippen LogP contribution < -0.4 is 11.1 Å². The third-order valence-corrected chi connectivity index (χ3v) is 6.22. The van der Waals surface area contributed by atoms with Crippen LogP contribution >= 0.6 is 11.3 Å². The second-order valence-electron chi connectivity index (χ2n) is 6.85. The number of thiazole rings is 1. The summed E-state index contributed by atoms with van der Waals surface area (Å²) < 4.78 is 0. The minimum absolute atomic E-state index is 0.0529. The van der Waals surface area contributed by atoms with Gasteiger partial charge >= 0.3 is 0 Å². The van der Waals surface area contributed by atoms with Gasteiger partial charge in [0.15, 0.2) is 0 Å². The normalized spacial score (nSPS) is 22.0. The fourth-order valence-electron chi connectivity index (χ4n) is 4.03. The van der Waals surface area contributed by atoms with E-state index in [0.29, 0.717) is 12.2 Å². The summed E-state index contributed by atoms with van der Waals surface area (Å²) in [6, 6.07) is 0. The van der Waals surface area contributed by atoms with Gasteiger partial charge in [-0.25, -0.2) is 4.98 Å². The lowest BCUT2D eigenvalue weighted by Crippen LogP contribution is -2.58. The smallest absolute Gasteiger partial charge is 0.270 e. The molecule has 1 aromatic rings. The first-order chi connectivity index (χ1) is 11.2. The molecule has 0 atom stereocenters. The van der Waals surface area contributed by atoms with Gasteiger partial charge in [-0.05, 0) is 38.8 Å². The van der Waals surface area contributed by atoms with Crippen LogP contribution in [0.15, 0.2) is 5.38 Å². The van der Waals surface area contributed by atoms with Crippen LogP contribution in [0.5, 0.6) is 0 Å². The number of rotatable bonds is 5. The second kappa shape index (κ2) is 7.73. The van der Waals surface area contributed by atoms with E-state index in [1.54, 1.807) is 0 Å². The van der Waals surface area contributed by atoms with Crippen molar-refractivity contribution in [3.63, 3.8) is 0 Å². The molecule has 1 amide bonds. The van der Waals surface area contributed by atoms with Gasteiger partial charge in [-0.1, -0.05) is 25.7 Å². The summed E-state index contributed by atoms with van der Waals surface area (Å²) in [5.74, 6) is -0.0529. The molecule has 0 radical (unpaired) electrons. The molecule has 128 valence electrons. The van der Waals surface area contributed by atoms with Crippen LogP contribution in [0, 0.1) is 0 Å². The number of hydrogen-bond donors (Lipinski definition) is 2. The first-order valence-electron chi connectivity index (χ1n) is 8.91. The number of nitrogens with one attached hydrogen (secondary N) is 1. The number of likely N-dealkylation sites (tertiary alicyclic amines) is 1. The summed E-state index contributed by atoms with van der Waals surface area (Å²) in [7, 11) is 0. The van der Waals surface area contributed by atoms with E-state index in [2.05, 4.69) is 15.2 Å². The van der Waals surface area contributed by atoms with Crippen LogP contribution in [0.1, 0.15) is 66.9 Å². The molecule has 1 saturated heterocycles. The number of nitrogens with zero attached hydrogens (tertiary/aromatic N) is 2. The SMILES string of the molecule is NCc1nc(C(=O)NCC2(N3CCCCC3)CCCCC2)cs1. The first-order valence-corrected chi connectivity index (χ1v) is 9.79. The average molecular weight is 337 g/mol. The van der Waals surface area contributed by atoms with Crippen LogP contribution in [0.4, 0.5) is 0 Å². The maximum Gasteiger partial charge on any atom is 0.270 e.